The van der Waals surface area contributed by atoms with Gasteiger partial charge in [-0.05, 0) is 24.1 Å². The number of amides is 1. The van der Waals surface area contributed by atoms with Gasteiger partial charge in [-0.3, -0.25) is 9.59 Å². The number of carbonyl (C=O) groups is 2. The molecule has 0 saturated carbocycles. The fourth-order valence-corrected chi connectivity index (χ4v) is 3.86. The number of benzene rings is 2. The van der Waals surface area contributed by atoms with Crippen molar-refractivity contribution < 1.29 is 23.8 Å². The summed E-state index contributed by atoms with van der Waals surface area (Å²) in [5, 5.41) is 11.9. The second kappa shape index (κ2) is 11.9. The van der Waals surface area contributed by atoms with Crippen molar-refractivity contribution in [3.05, 3.63) is 65.5 Å². The van der Waals surface area contributed by atoms with E-state index in [1.165, 1.54) is 33.1 Å². The standard InChI is InChI=1S/C23H26N4O5S/c1-30-18-11-17(12-19(13-18)31-2)22(29)24-14-20-25-26-23(33-15-21(28)32-3)27(20)10-9-16-7-5-4-6-8-16/h4-8,11-13H,9-10,14-15H2,1-3H3,(H,24,29). The van der Waals surface area contributed by atoms with Crippen molar-refractivity contribution in [1.82, 2.24) is 20.1 Å². The maximum absolute atomic E-state index is 12.8. The van der Waals surface area contributed by atoms with Gasteiger partial charge in [0.1, 0.15) is 11.5 Å². The molecule has 174 valence electrons. The highest BCUT2D eigenvalue weighted by Crippen LogP contribution is 2.23. The van der Waals surface area contributed by atoms with E-state index in [0.29, 0.717) is 34.6 Å². The first-order valence-corrected chi connectivity index (χ1v) is 11.2. The second-order valence-corrected chi connectivity index (χ2v) is 7.88. The largest absolute Gasteiger partial charge is 0.497 e. The molecule has 0 aliphatic heterocycles. The molecule has 0 spiro atoms. The zero-order chi connectivity index (χ0) is 23.6. The summed E-state index contributed by atoms with van der Waals surface area (Å²) >= 11 is 1.25. The molecule has 1 heterocycles. The molecule has 1 N–H and O–H groups in total. The third kappa shape index (κ3) is 6.72. The van der Waals surface area contributed by atoms with E-state index in [1.54, 1.807) is 18.2 Å². The molecule has 3 aromatic rings. The van der Waals surface area contributed by atoms with Crippen molar-refractivity contribution in [2.75, 3.05) is 27.1 Å². The van der Waals surface area contributed by atoms with Gasteiger partial charge in [0.25, 0.3) is 5.91 Å². The Balaban J connectivity index is 1.74. The van der Waals surface area contributed by atoms with Crippen molar-refractivity contribution in [3.8, 4) is 11.5 Å². The van der Waals surface area contributed by atoms with Crippen LogP contribution in [0.15, 0.2) is 53.7 Å². The number of esters is 1. The van der Waals surface area contributed by atoms with Crippen molar-refractivity contribution in [3.63, 3.8) is 0 Å². The summed E-state index contributed by atoms with van der Waals surface area (Å²) in [6.45, 7) is 0.762. The Kier molecular flexibility index (Phi) is 8.71. The van der Waals surface area contributed by atoms with E-state index in [9.17, 15) is 9.59 Å². The lowest BCUT2D eigenvalue weighted by atomic mass is 10.1. The van der Waals surface area contributed by atoms with Gasteiger partial charge in [0.15, 0.2) is 11.0 Å². The van der Waals surface area contributed by atoms with Crippen molar-refractivity contribution in [2.24, 2.45) is 0 Å². The van der Waals surface area contributed by atoms with Crippen LogP contribution < -0.4 is 14.8 Å². The molecule has 0 saturated heterocycles. The lowest BCUT2D eigenvalue weighted by Gasteiger charge is -2.12. The van der Waals surface area contributed by atoms with Crippen LogP contribution in [0, 0.1) is 0 Å². The number of aryl methyl sites for hydroxylation is 1. The topological polar surface area (TPSA) is 105 Å². The summed E-state index contributed by atoms with van der Waals surface area (Å²) in [5.41, 5.74) is 1.57. The van der Waals surface area contributed by atoms with Gasteiger partial charge in [0.2, 0.25) is 0 Å². The van der Waals surface area contributed by atoms with E-state index in [1.807, 2.05) is 34.9 Å². The Labute approximate surface area is 196 Å². The monoisotopic (exact) mass is 470 g/mol. The van der Waals surface area contributed by atoms with Crippen LogP contribution in [0.2, 0.25) is 0 Å². The van der Waals surface area contributed by atoms with E-state index >= 15 is 0 Å². The number of thioether (sulfide) groups is 1. The number of ether oxygens (including phenoxy) is 3. The van der Waals surface area contributed by atoms with Gasteiger partial charge in [-0.2, -0.15) is 0 Å². The first kappa shape index (κ1) is 24.1. The summed E-state index contributed by atoms with van der Waals surface area (Å²) in [4.78, 5) is 24.3. The number of hydrogen-bond acceptors (Lipinski definition) is 8. The minimum Gasteiger partial charge on any atom is -0.497 e. The predicted octanol–water partition coefficient (Wildman–Crippen LogP) is 2.73. The third-order valence-corrected chi connectivity index (χ3v) is 5.77. The van der Waals surface area contributed by atoms with Gasteiger partial charge in [-0.15, -0.1) is 10.2 Å². The molecule has 0 aliphatic carbocycles. The quantitative estimate of drug-likeness (QED) is 0.337. The summed E-state index contributed by atoms with van der Waals surface area (Å²) < 4.78 is 17.1. The average molecular weight is 471 g/mol. The van der Waals surface area contributed by atoms with Crippen LogP contribution in [-0.2, 0) is 29.0 Å². The molecule has 33 heavy (non-hydrogen) atoms. The molecule has 1 amide bonds. The van der Waals surface area contributed by atoms with Gasteiger partial charge >= 0.3 is 5.97 Å². The van der Waals surface area contributed by atoms with Crippen LogP contribution in [0.1, 0.15) is 21.7 Å². The zero-order valence-electron chi connectivity index (χ0n) is 18.7. The summed E-state index contributed by atoms with van der Waals surface area (Å²) in [5.74, 6) is 1.10. The molecule has 3 rings (SSSR count). The number of hydrogen-bond donors (Lipinski definition) is 1. The second-order valence-electron chi connectivity index (χ2n) is 6.93. The Bertz CT molecular complexity index is 1070. The lowest BCUT2D eigenvalue weighted by Crippen LogP contribution is -2.25. The first-order valence-electron chi connectivity index (χ1n) is 10.2. The summed E-state index contributed by atoms with van der Waals surface area (Å²) in [6, 6.07) is 15.0. The normalized spacial score (nSPS) is 10.5. The Morgan fingerprint density at radius 3 is 2.33 bits per heavy atom. The number of aromatic nitrogens is 3. The Hall–Kier alpha value is -3.53. The fraction of sp³-hybridized carbons (Fsp3) is 0.304. The molecule has 1 aromatic heterocycles. The number of nitrogens with zero attached hydrogens (tertiary/aromatic N) is 3. The molecule has 2 aromatic carbocycles. The van der Waals surface area contributed by atoms with Gasteiger partial charge in [0.05, 0.1) is 33.6 Å². The molecule has 0 bridgehead atoms. The van der Waals surface area contributed by atoms with E-state index < -0.39 is 0 Å². The van der Waals surface area contributed by atoms with Crippen molar-refractivity contribution in [2.45, 2.75) is 24.7 Å². The highest BCUT2D eigenvalue weighted by Gasteiger charge is 2.16. The van der Waals surface area contributed by atoms with E-state index in [0.717, 1.165) is 12.0 Å². The molecule has 9 nitrogen and oxygen atoms in total. The third-order valence-electron chi connectivity index (χ3n) is 4.83. The average Bonchev–Trinajstić information content (AvgIpc) is 3.26. The smallest absolute Gasteiger partial charge is 0.316 e. The number of nitrogens with one attached hydrogen (secondary N) is 1. The molecule has 0 aliphatic rings. The van der Waals surface area contributed by atoms with Gasteiger partial charge < -0.3 is 24.1 Å². The van der Waals surface area contributed by atoms with Crippen LogP contribution in [0.25, 0.3) is 0 Å². The maximum atomic E-state index is 12.8. The Morgan fingerprint density at radius 2 is 1.70 bits per heavy atom. The molecule has 0 radical (unpaired) electrons. The summed E-state index contributed by atoms with van der Waals surface area (Å²) in [6.07, 6.45) is 0.749. The van der Waals surface area contributed by atoms with Crippen LogP contribution in [-0.4, -0.2) is 53.7 Å². The van der Waals surface area contributed by atoms with Crippen molar-refractivity contribution >= 4 is 23.6 Å². The highest BCUT2D eigenvalue weighted by molar-refractivity contribution is 7.99. The van der Waals surface area contributed by atoms with Crippen LogP contribution in [0.5, 0.6) is 11.5 Å². The molecule has 0 fully saturated rings. The van der Waals surface area contributed by atoms with Crippen molar-refractivity contribution in [1.29, 1.82) is 0 Å². The van der Waals surface area contributed by atoms with Gasteiger partial charge in [-0.25, -0.2) is 0 Å². The van der Waals surface area contributed by atoms with E-state index in [4.69, 9.17) is 14.2 Å². The highest BCUT2D eigenvalue weighted by atomic mass is 32.2. The number of methoxy groups -OCH3 is 3. The molecular weight excluding hydrogens is 444 g/mol. The minimum absolute atomic E-state index is 0.121. The molecule has 0 atom stereocenters. The van der Waals surface area contributed by atoms with Gasteiger partial charge in [0, 0.05) is 18.2 Å². The van der Waals surface area contributed by atoms with E-state index in [2.05, 4.69) is 15.5 Å². The fourth-order valence-electron chi connectivity index (χ4n) is 3.05. The zero-order valence-corrected chi connectivity index (χ0v) is 19.6. The lowest BCUT2D eigenvalue weighted by molar-refractivity contribution is -0.137. The SMILES string of the molecule is COC(=O)CSc1nnc(CNC(=O)c2cc(OC)cc(OC)c2)n1CCc1ccccc1. The number of carbonyl (C=O) groups excluding carboxylic acids is 2. The van der Waals surface area contributed by atoms with Gasteiger partial charge in [-0.1, -0.05) is 42.1 Å². The maximum Gasteiger partial charge on any atom is 0.316 e. The summed E-state index contributed by atoms with van der Waals surface area (Å²) in [7, 11) is 4.40. The van der Waals surface area contributed by atoms with Crippen LogP contribution in [0.4, 0.5) is 0 Å². The minimum atomic E-state index is -0.348. The van der Waals surface area contributed by atoms with Crippen LogP contribution >= 0.6 is 11.8 Å². The van der Waals surface area contributed by atoms with Crippen LogP contribution in [0.3, 0.4) is 0 Å². The molecule has 10 heteroatoms. The Morgan fingerprint density at radius 1 is 1.00 bits per heavy atom. The van der Waals surface area contributed by atoms with E-state index in [-0.39, 0.29) is 24.2 Å². The first-order chi connectivity index (χ1) is 16.0. The number of rotatable bonds is 11. The molecular formula is C23H26N4O5S. The molecule has 0 unspecified atom stereocenters. The predicted molar refractivity (Wildman–Crippen MR) is 124 cm³/mol.